The van der Waals surface area contributed by atoms with E-state index in [0.29, 0.717) is 24.3 Å². The Morgan fingerprint density at radius 3 is 1.65 bits per heavy atom. The van der Waals surface area contributed by atoms with Gasteiger partial charge >= 0.3 is 0 Å². The van der Waals surface area contributed by atoms with Crippen molar-refractivity contribution in [3.05, 3.63) is 29.8 Å². The van der Waals surface area contributed by atoms with Gasteiger partial charge in [-0.1, -0.05) is 104 Å². The number of unbranched alkanes of at least 4 members (excludes halogenated alkanes) is 14. The van der Waals surface area contributed by atoms with Crippen molar-refractivity contribution in [1.82, 2.24) is 10.6 Å². The van der Waals surface area contributed by atoms with Crippen LogP contribution in [-0.2, 0) is 4.79 Å². The molecule has 1 aromatic rings. The van der Waals surface area contributed by atoms with Crippen LogP contribution >= 0.6 is 0 Å². The molecule has 34 heavy (non-hydrogen) atoms. The van der Waals surface area contributed by atoms with Gasteiger partial charge in [0.1, 0.15) is 0 Å². The topological polar surface area (TPSA) is 70.2 Å². The quantitative estimate of drug-likeness (QED) is 0.156. The van der Waals surface area contributed by atoms with Gasteiger partial charge in [-0.05, 0) is 43.7 Å². The summed E-state index contributed by atoms with van der Waals surface area (Å²) in [6, 6.07) is 7.05. The van der Waals surface area contributed by atoms with Crippen LogP contribution in [0.3, 0.4) is 0 Å². The highest BCUT2D eigenvalue weighted by Crippen LogP contribution is 2.13. The lowest BCUT2D eigenvalue weighted by Gasteiger charge is -2.08. The molecule has 5 nitrogen and oxygen atoms in total. The molecule has 1 rings (SSSR count). The number of hydrogen-bond acceptors (Lipinski definition) is 3. The molecule has 0 bridgehead atoms. The molecule has 0 fully saturated rings. The number of rotatable bonds is 22. The van der Waals surface area contributed by atoms with Crippen molar-refractivity contribution in [2.24, 2.45) is 0 Å². The van der Waals surface area contributed by atoms with Gasteiger partial charge in [-0.3, -0.25) is 9.59 Å². The Bertz CT molecular complexity index is 631. The van der Waals surface area contributed by atoms with Crippen molar-refractivity contribution in [3.63, 3.8) is 0 Å². The third-order valence-corrected chi connectivity index (χ3v) is 6.24. The summed E-state index contributed by atoms with van der Waals surface area (Å²) in [5.41, 5.74) is 1.33. The van der Waals surface area contributed by atoms with Crippen LogP contribution in [0.15, 0.2) is 24.3 Å². The van der Waals surface area contributed by atoms with Gasteiger partial charge in [0.25, 0.3) is 5.91 Å². The predicted octanol–water partition coefficient (Wildman–Crippen LogP) is 7.23. The van der Waals surface area contributed by atoms with Gasteiger partial charge in [0.05, 0.1) is 6.54 Å². The van der Waals surface area contributed by atoms with Gasteiger partial charge in [0.15, 0.2) is 0 Å². The normalized spacial score (nSPS) is 10.9. The largest absolute Gasteiger partial charge is 0.352 e. The summed E-state index contributed by atoms with van der Waals surface area (Å²) < 4.78 is 0. The molecule has 0 saturated carbocycles. The monoisotopic (exact) mass is 473 g/mol. The van der Waals surface area contributed by atoms with E-state index in [9.17, 15) is 9.59 Å². The lowest BCUT2D eigenvalue weighted by Crippen LogP contribution is -2.28. The first-order chi connectivity index (χ1) is 16.7. The minimum atomic E-state index is -0.0684. The molecule has 0 spiro atoms. The molecule has 0 heterocycles. The number of carbonyl (C=O) groups is 2. The highest BCUT2D eigenvalue weighted by atomic mass is 16.2. The Kier molecular flexibility index (Phi) is 19.2. The Hall–Kier alpha value is -1.88. The highest BCUT2D eigenvalue weighted by molar-refractivity contribution is 5.96. The Morgan fingerprint density at radius 2 is 1.12 bits per heavy atom. The number of benzene rings is 1. The third kappa shape index (κ3) is 16.7. The summed E-state index contributed by atoms with van der Waals surface area (Å²) in [4.78, 5) is 24.1. The average Bonchev–Trinajstić information content (AvgIpc) is 2.84. The standard InChI is InChI=1S/C29H51N3O2/c1-3-5-7-8-9-10-11-12-13-14-15-16-17-18-23-30-25-28(33)32-27-21-19-26(20-22-27)29(34)31-24-6-4-2/h19-22,30H,3-18,23-25H2,1-2H3,(H,31,34)(H,32,33). The number of anilines is 1. The Balaban J connectivity index is 1.94. The predicted molar refractivity (Wildman–Crippen MR) is 145 cm³/mol. The number of amides is 2. The Labute approximate surface area is 209 Å². The molecule has 0 aliphatic carbocycles. The summed E-state index contributed by atoms with van der Waals surface area (Å²) in [6.07, 6.45) is 21.0. The summed E-state index contributed by atoms with van der Waals surface area (Å²) in [5, 5.41) is 9.01. The van der Waals surface area contributed by atoms with Gasteiger partial charge in [-0.2, -0.15) is 0 Å². The maximum atomic E-state index is 12.1. The average molecular weight is 474 g/mol. The van der Waals surface area contributed by atoms with E-state index in [1.165, 1.54) is 83.5 Å². The molecule has 0 aliphatic heterocycles. The zero-order valence-corrected chi connectivity index (χ0v) is 22.1. The molecular formula is C29H51N3O2. The van der Waals surface area contributed by atoms with Crippen molar-refractivity contribution in [2.75, 3.05) is 25.0 Å². The van der Waals surface area contributed by atoms with E-state index in [-0.39, 0.29) is 11.8 Å². The van der Waals surface area contributed by atoms with Gasteiger partial charge in [-0.25, -0.2) is 0 Å². The van der Waals surface area contributed by atoms with Crippen LogP contribution in [0.25, 0.3) is 0 Å². The minimum absolute atomic E-state index is 0.0505. The van der Waals surface area contributed by atoms with Crippen molar-refractivity contribution in [2.45, 2.75) is 117 Å². The zero-order valence-electron chi connectivity index (χ0n) is 22.1. The molecule has 0 atom stereocenters. The van der Waals surface area contributed by atoms with Crippen LogP contribution in [-0.4, -0.2) is 31.4 Å². The van der Waals surface area contributed by atoms with Crippen LogP contribution in [0.4, 0.5) is 5.69 Å². The fraction of sp³-hybridized carbons (Fsp3) is 0.724. The molecule has 0 aliphatic rings. The summed E-state index contributed by atoms with van der Waals surface area (Å²) in [6.45, 7) is 6.26. The first-order valence-electron chi connectivity index (χ1n) is 14.1. The summed E-state index contributed by atoms with van der Waals surface area (Å²) >= 11 is 0. The van der Waals surface area contributed by atoms with Crippen LogP contribution in [0.2, 0.25) is 0 Å². The van der Waals surface area contributed by atoms with Crippen molar-refractivity contribution in [1.29, 1.82) is 0 Å². The lowest BCUT2D eigenvalue weighted by molar-refractivity contribution is -0.115. The van der Waals surface area contributed by atoms with Gasteiger partial charge in [0.2, 0.25) is 5.91 Å². The third-order valence-electron chi connectivity index (χ3n) is 6.24. The Morgan fingerprint density at radius 1 is 0.618 bits per heavy atom. The molecular weight excluding hydrogens is 422 g/mol. The SMILES string of the molecule is CCCCCCCCCCCCCCCCNCC(=O)Nc1ccc(C(=O)NCCCC)cc1. The van der Waals surface area contributed by atoms with E-state index in [1.807, 2.05) is 0 Å². The van der Waals surface area contributed by atoms with Gasteiger partial charge in [0, 0.05) is 17.8 Å². The van der Waals surface area contributed by atoms with Crippen LogP contribution in [0.5, 0.6) is 0 Å². The maximum Gasteiger partial charge on any atom is 0.251 e. The molecule has 5 heteroatoms. The molecule has 1 aromatic carbocycles. The molecule has 0 unspecified atom stereocenters. The fourth-order valence-electron chi connectivity index (χ4n) is 4.04. The van der Waals surface area contributed by atoms with Crippen molar-refractivity contribution >= 4 is 17.5 Å². The second-order valence-electron chi connectivity index (χ2n) is 9.51. The van der Waals surface area contributed by atoms with E-state index in [4.69, 9.17) is 0 Å². The lowest BCUT2D eigenvalue weighted by atomic mass is 10.0. The first kappa shape index (κ1) is 30.2. The van der Waals surface area contributed by atoms with Crippen molar-refractivity contribution < 1.29 is 9.59 Å². The first-order valence-corrected chi connectivity index (χ1v) is 14.1. The molecule has 194 valence electrons. The molecule has 0 saturated heterocycles. The van der Waals surface area contributed by atoms with Gasteiger partial charge < -0.3 is 16.0 Å². The zero-order chi connectivity index (χ0) is 24.7. The van der Waals surface area contributed by atoms with E-state index in [0.717, 1.165) is 25.8 Å². The fourth-order valence-corrected chi connectivity index (χ4v) is 4.04. The van der Waals surface area contributed by atoms with E-state index >= 15 is 0 Å². The number of hydrogen-bond donors (Lipinski definition) is 3. The number of carbonyl (C=O) groups excluding carboxylic acids is 2. The van der Waals surface area contributed by atoms with Crippen LogP contribution in [0.1, 0.15) is 127 Å². The number of nitrogens with one attached hydrogen (secondary N) is 3. The van der Waals surface area contributed by atoms with E-state index in [2.05, 4.69) is 29.8 Å². The minimum Gasteiger partial charge on any atom is -0.352 e. The van der Waals surface area contributed by atoms with E-state index in [1.54, 1.807) is 24.3 Å². The smallest absolute Gasteiger partial charge is 0.251 e. The van der Waals surface area contributed by atoms with Crippen LogP contribution in [0, 0.1) is 0 Å². The molecule has 2 amide bonds. The van der Waals surface area contributed by atoms with Crippen LogP contribution < -0.4 is 16.0 Å². The second kappa shape index (κ2) is 21.6. The summed E-state index contributed by atoms with van der Waals surface area (Å²) in [7, 11) is 0. The van der Waals surface area contributed by atoms with Crippen molar-refractivity contribution in [3.8, 4) is 0 Å². The molecule has 0 radical (unpaired) electrons. The highest BCUT2D eigenvalue weighted by Gasteiger charge is 2.06. The second-order valence-corrected chi connectivity index (χ2v) is 9.51. The van der Waals surface area contributed by atoms with Gasteiger partial charge in [-0.15, -0.1) is 0 Å². The van der Waals surface area contributed by atoms with E-state index < -0.39 is 0 Å². The molecule has 3 N–H and O–H groups in total. The summed E-state index contributed by atoms with van der Waals surface area (Å²) in [5.74, 6) is -0.119. The maximum absolute atomic E-state index is 12.1. The molecule has 0 aromatic heterocycles.